The average molecular weight is 494 g/mol. The summed E-state index contributed by atoms with van der Waals surface area (Å²) in [6.07, 6.45) is 2.19. The largest absolute Gasteiger partial charge is 0.375 e. The number of hydrogen-bond acceptors (Lipinski definition) is 7. The molecule has 0 unspecified atom stereocenters. The zero-order valence-electron chi connectivity index (χ0n) is 19.7. The Bertz CT molecular complexity index is 1300. The first-order chi connectivity index (χ1) is 15.5. The van der Waals surface area contributed by atoms with Crippen LogP contribution in [0.1, 0.15) is 79.9 Å². The van der Waals surface area contributed by atoms with Crippen LogP contribution in [0.15, 0.2) is 9.79 Å². The van der Waals surface area contributed by atoms with Gasteiger partial charge in [-0.1, -0.05) is 11.8 Å². The lowest BCUT2D eigenvalue weighted by molar-refractivity contribution is -0.0705. The van der Waals surface area contributed by atoms with Crippen molar-refractivity contribution in [1.29, 1.82) is 0 Å². The highest BCUT2D eigenvalue weighted by molar-refractivity contribution is 8.14. The average Bonchev–Trinajstić information content (AvgIpc) is 3.33. The second kappa shape index (κ2) is 7.84. The molecule has 180 valence electrons. The molecule has 0 bridgehead atoms. The number of aliphatic imine (C=N–C) groups is 1. The number of fused-ring (bicyclic) bond motifs is 1. The number of aromatic nitrogens is 4. The molecule has 9 nitrogen and oxygen atoms in total. The second-order valence-corrected chi connectivity index (χ2v) is 13.5. The lowest BCUT2D eigenvalue weighted by Crippen LogP contribution is -2.35. The van der Waals surface area contributed by atoms with E-state index < -0.39 is 9.84 Å². The monoisotopic (exact) mass is 493 g/mol. The van der Waals surface area contributed by atoms with Crippen LogP contribution in [0.5, 0.6) is 0 Å². The third kappa shape index (κ3) is 4.01. The van der Waals surface area contributed by atoms with E-state index in [-0.39, 0.29) is 40.0 Å². The number of rotatable bonds is 3. The zero-order valence-corrected chi connectivity index (χ0v) is 21.3. The van der Waals surface area contributed by atoms with E-state index in [4.69, 9.17) is 14.8 Å². The number of thioether (sulfide) groups is 1. The molecule has 0 amide bonds. The summed E-state index contributed by atoms with van der Waals surface area (Å²) in [5.41, 5.74) is 3.00. The highest BCUT2D eigenvalue weighted by Crippen LogP contribution is 2.47. The van der Waals surface area contributed by atoms with E-state index in [1.54, 1.807) is 11.8 Å². The van der Waals surface area contributed by atoms with Crippen LogP contribution in [0.3, 0.4) is 0 Å². The molecule has 3 aliphatic heterocycles. The molecule has 1 N–H and O–H groups in total. The highest BCUT2D eigenvalue weighted by Gasteiger charge is 2.39. The summed E-state index contributed by atoms with van der Waals surface area (Å²) in [7, 11) is -3.03. The van der Waals surface area contributed by atoms with Crippen LogP contribution in [0.4, 0.5) is 5.82 Å². The molecule has 5 heterocycles. The van der Waals surface area contributed by atoms with Gasteiger partial charge in [-0.05, 0) is 53.9 Å². The van der Waals surface area contributed by atoms with Crippen LogP contribution in [0.25, 0.3) is 0 Å². The van der Waals surface area contributed by atoms with Crippen molar-refractivity contribution in [2.45, 2.75) is 76.8 Å². The SMILES string of the molecule is CC1=Nc2c(c(=O)[nH]n2[C@@H]2CCOC(C)(C)C2)[C@H](c2c(C)nn([C@@H]3CCS(=O)(=O)C3)c2C)S1. The van der Waals surface area contributed by atoms with Gasteiger partial charge in [-0.3, -0.25) is 19.3 Å². The van der Waals surface area contributed by atoms with Crippen LogP contribution in [0.2, 0.25) is 0 Å². The predicted molar refractivity (Wildman–Crippen MR) is 130 cm³/mol. The molecule has 2 fully saturated rings. The van der Waals surface area contributed by atoms with Gasteiger partial charge in [0.05, 0.1) is 50.7 Å². The quantitative estimate of drug-likeness (QED) is 0.702. The van der Waals surface area contributed by atoms with Crippen molar-refractivity contribution in [3.05, 3.63) is 32.9 Å². The zero-order chi connectivity index (χ0) is 23.7. The first-order valence-corrected chi connectivity index (χ1v) is 14.1. The van der Waals surface area contributed by atoms with Gasteiger partial charge in [0.2, 0.25) is 0 Å². The Hall–Kier alpha value is -1.85. The van der Waals surface area contributed by atoms with E-state index in [0.717, 1.165) is 34.8 Å². The lowest BCUT2D eigenvalue weighted by atomic mass is 9.94. The Morgan fingerprint density at radius 1 is 1.15 bits per heavy atom. The Labute approximate surface area is 197 Å². The lowest BCUT2D eigenvalue weighted by Gasteiger charge is -2.36. The van der Waals surface area contributed by atoms with Gasteiger partial charge in [0.1, 0.15) is 0 Å². The molecule has 2 aromatic heterocycles. The number of hydrogen-bond donors (Lipinski definition) is 1. The Morgan fingerprint density at radius 3 is 2.58 bits per heavy atom. The van der Waals surface area contributed by atoms with Crippen molar-refractivity contribution in [2.75, 3.05) is 18.1 Å². The summed E-state index contributed by atoms with van der Waals surface area (Å²) >= 11 is 1.56. The molecule has 33 heavy (non-hydrogen) atoms. The van der Waals surface area contributed by atoms with E-state index in [1.165, 1.54) is 0 Å². The topological polar surface area (TPSA) is 111 Å². The molecule has 3 aliphatic rings. The summed E-state index contributed by atoms with van der Waals surface area (Å²) < 4.78 is 33.8. The first-order valence-electron chi connectivity index (χ1n) is 11.4. The van der Waals surface area contributed by atoms with Gasteiger partial charge >= 0.3 is 0 Å². The minimum Gasteiger partial charge on any atom is -0.375 e. The van der Waals surface area contributed by atoms with Crippen LogP contribution in [-0.2, 0) is 14.6 Å². The number of aryl methyl sites for hydroxylation is 1. The molecule has 2 aromatic rings. The molecule has 2 saturated heterocycles. The molecule has 0 aliphatic carbocycles. The minimum absolute atomic E-state index is 0.110. The molecule has 0 spiro atoms. The van der Waals surface area contributed by atoms with Crippen LogP contribution >= 0.6 is 11.8 Å². The van der Waals surface area contributed by atoms with E-state index in [2.05, 4.69) is 18.9 Å². The number of aromatic amines is 1. The fraction of sp³-hybridized carbons (Fsp3) is 0.682. The maximum absolute atomic E-state index is 13.3. The third-order valence-electron chi connectivity index (χ3n) is 6.98. The third-order valence-corrected chi connectivity index (χ3v) is 9.87. The first kappa shape index (κ1) is 22.9. The maximum Gasteiger partial charge on any atom is 0.271 e. The summed E-state index contributed by atoms with van der Waals surface area (Å²) in [6, 6.07) is -0.0447. The summed E-state index contributed by atoms with van der Waals surface area (Å²) in [5.74, 6) is 1.01. The van der Waals surface area contributed by atoms with Crippen molar-refractivity contribution in [1.82, 2.24) is 19.6 Å². The standard InChI is InChI=1S/C22H31N5O4S2/c1-12-17(13(2)26(24-12)16-7-9-33(29,30)11-16)19-18-20(23-14(3)32-19)27(25-21(18)28)15-6-8-31-22(4,5)10-15/h15-16,19H,6-11H2,1-5H3,(H,25,28)/t15-,16-,19+/m1/s1. The maximum atomic E-state index is 13.3. The van der Waals surface area contributed by atoms with Crippen molar-refractivity contribution >= 4 is 32.5 Å². The summed E-state index contributed by atoms with van der Waals surface area (Å²) in [5, 5.41) is 8.47. The molecule has 11 heteroatoms. The predicted octanol–water partition coefficient (Wildman–Crippen LogP) is 3.37. The van der Waals surface area contributed by atoms with Crippen molar-refractivity contribution in [3.63, 3.8) is 0 Å². The highest BCUT2D eigenvalue weighted by atomic mass is 32.2. The fourth-order valence-corrected chi connectivity index (χ4v) is 8.44. The summed E-state index contributed by atoms with van der Waals surface area (Å²) in [4.78, 5) is 18.0. The molecule has 0 radical (unpaired) electrons. The Kier molecular flexibility index (Phi) is 5.45. The number of H-pyrrole nitrogens is 1. The smallest absolute Gasteiger partial charge is 0.271 e. The van der Waals surface area contributed by atoms with E-state index in [9.17, 15) is 13.2 Å². The molecule has 3 atom stereocenters. The van der Waals surface area contributed by atoms with Gasteiger partial charge in [0, 0.05) is 17.9 Å². The number of ether oxygens (including phenoxy) is 1. The molecule has 5 rings (SSSR count). The van der Waals surface area contributed by atoms with Crippen LogP contribution < -0.4 is 5.56 Å². The van der Waals surface area contributed by atoms with Crippen molar-refractivity contribution < 1.29 is 13.2 Å². The molecule has 0 saturated carbocycles. The second-order valence-electron chi connectivity index (χ2n) is 10.0. The van der Waals surface area contributed by atoms with E-state index in [1.807, 2.05) is 30.1 Å². The number of nitrogens with one attached hydrogen (secondary N) is 1. The number of nitrogens with zero attached hydrogens (tertiary/aromatic N) is 4. The van der Waals surface area contributed by atoms with Gasteiger partial charge in [-0.15, -0.1) is 0 Å². The normalized spacial score (nSPS) is 28.5. The summed E-state index contributed by atoms with van der Waals surface area (Å²) in [6.45, 7) is 10.7. The molecular weight excluding hydrogens is 462 g/mol. The van der Waals surface area contributed by atoms with Gasteiger partial charge in [-0.2, -0.15) is 5.10 Å². The van der Waals surface area contributed by atoms with Gasteiger partial charge in [0.25, 0.3) is 5.56 Å². The Balaban J connectivity index is 1.58. The van der Waals surface area contributed by atoms with Crippen LogP contribution in [0, 0.1) is 13.8 Å². The van der Waals surface area contributed by atoms with Gasteiger partial charge in [-0.25, -0.2) is 13.4 Å². The molecular formula is C22H31N5O4S2. The van der Waals surface area contributed by atoms with Crippen molar-refractivity contribution in [3.8, 4) is 0 Å². The van der Waals surface area contributed by atoms with Gasteiger partial charge in [0.15, 0.2) is 15.7 Å². The minimum atomic E-state index is -3.03. The number of sulfone groups is 1. The Morgan fingerprint density at radius 2 is 1.91 bits per heavy atom. The van der Waals surface area contributed by atoms with Crippen LogP contribution in [-0.4, -0.2) is 56.7 Å². The van der Waals surface area contributed by atoms with Crippen molar-refractivity contribution in [2.24, 2.45) is 4.99 Å². The fourth-order valence-electron chi connectivity index (χ4n) is 5.48. The van der Waals surface area contributed by atoms with Gasteiger partial charge < -0.3 is 4.74 Å². The molecule has 0 aromatic carbocycles. The van der Waals surface area contributed by atoms with E-state index in [0.29, 0.717) is 24.4 Å². The van der Waals surface area contributed by atoms with E-state index >= 15 is 0 Å².